The number of thioether (sulfide) groups is 1. The summed E-state index contributed by atoms with van der Waals surface area (Å²) >= 11 is 1.87. The number of benzene rings is 1. The van der Waals surface area contributed by atoms with Crippen molar-refractivity contribution in [1.29, 1.82) is 0 Å². The Morgan fingerprint density at radius 1 is 1.24 bits per heavy atom. The van der Waals surface area contributed by atoms with Crippen molar-refractivity contribution in [3.8, 4) is 0 Å². The Bertz CT molecular complexity index is 418. The molecule has 0 aromatic heterocycles. The fourth-order valence-corrected chi connectivity index (χ4v) is 3.16. The molecule has 0 unspecified atom stereocenters. The summed E-state index contributed by atoms with van der Waals surface area (Å²) < 4.78 is 0. The summed E-state index contributed by atoms with van der Waals surface area (Å²) in [5.41, 5.74) is 3.66. The quantitative estimate of drug-likeness (QED) is 0.792. The molecule has 1 fully saturated rings. The molecule has 0 atom stereocenters. The smallest absolute Gasteiger partial charge is 0.164 e. The van der Waals surface area contributed by atoms with Gasteiger partial charge in [-0.05, 0) is 38.8 Å². The molecule has 1 aliphatic heterocycles. The van der Waals surface area contributed by atoms with Crippen LogP contribution in [0.4, 0.5) is 5.69 Å². The van der Waals surface area contributed by atoms with Crippen LogP contribution in [0.15, 0.2) is 23.2 Å². The molecule has 1 saturated heterocycles. The molecular weight excluding hydrogens is 228 g/mol. The van der Waals surface area contributed by atoms with E-state index < -0.39 is 0 Å². The average molecular weight is 248 g/mol. The third-order valence-corrected chi connectivity index (χ3v) is 4.05. The van der Waals surface area contributed by atoms with Crippen LogP contribution < -0.4 is 0 Å². The Labute approximate surface area is 108 Å². The van der Waals surface area contributed by atoms with Gasteiger partial charge in [0.1, 0.15) is 0 Å². The van der Waals surface area contributed by atoms with Crippen molar-refractivity contribution in [1.82, 2.24) is 4.90 Å². The van der Waals surface area contributed by atoms with Crippen LogP contribution >= 0.6 is 11.8 Å². The molecule has 1 aliphatic rings. The van der Waals surface area contributed by atoms with Crippen LogP contribution in [0.2, 0.25) is 0 Å². The number of aliphatic imine (C=N–C) groups is 1. The molecule has 2 nitrogen and oxygen atoms in total. The Morgan fingerprint density at radius 2 is 1.88 bits per heavy atom. The summed E-state index contributed by atoms with van der Waals surface area (Å²) in [6.07, 6.45) is 0. The van der Waals surface area contributed by atoms with Gasteiger partial charge in [0.2, 0.25) is 0 Å². The second-order valence-electron chi connectivity index (χ2n) is 4.77. The second kappa shape index (κ2) is 5.13. The molecule has 17 heavy (non-hydrogen) atoms. The molecule has 92 valence electrons. The Morgan fingerprint density at radius 3 is 2.47 bits per heavy atom. The number of rotatable bonds is 2. The normalized spacial score (nSPS) is 18.4. The maximum Gasteiger partial charge on any atom is 0.164 e. The number of aryl methyl sites for hydroxylation is 2. The molecule has 0 saturated carbocycles. The van der Waals surface area contributed by atoms with E-state index >= 15 is 0 Å². The summed E-state index contributed by atoms with van der Waals surface area (Å²) in [4.78, 5) is 7.25. The first-order valence-electron chi connectivity index (χ1n) is 6.14. The van der Waals surface area contributed by atoms with Crippen molar-refractivity contribution in [3.05, 3.63) is 29.3 Å². The minimum Gasteiger partial charge on any atom is -0.348 e. The lowest BCUT2D eigenvalue weighted by Gasteiger charge is -2.22. The molecule has 1 heterocycles. The molecule has 0 bridgehead atoms. The van der Waals surface area contributed by atoms with E-state index in [1.807, 2.05) is 11.8 Å². The van der Waals surface area contributed by atoms with E-state index in [0.717, 1.165) is 18.0 Å². The highest BCUT2D eigenvalue weighted by atomic mass is 32.2. The van der Waals surface area contributed by atoms with Gasteiger partial charge in [-0.15, -0.1) is 0 Å². The molecule has 0 amide bonds. The fraction of sp³-hybridized carbons (Fsp3) is 0.500. The Hall–Kier alpha value is -0.960. The number of nitrogens with zero attached hydrogens (tertiary/aromatic N) is 2. The first-order chi connectivity index (χ1) is 8.09. The molecule has 0 N–H and O–H groups in total. The standard InChI is InChI=1S/C14H20N2S/c1-10(2)16-8-9-17-14(16)15-13-11(3)6-5-7-12(13)4/h5-7,10H,8-9H2,1-4H3. The van der Waals surface area contributed by atoms with Gasteiger partial charge in [-0.3, -0.25) is 0 Å². The van der Waals surface area contributed by atoms with E-state index in [1.165, 1.54) is 16.3 Å². The highest BCUT2D eigenvalue weighted by molar-refractivity contribution is 8.14. The second-order valence-corrected chi connectivity index (χ2v) is 5.83. The zero-order valence-corrected chi connectivity index (χ0v) is 11.8. The van der Waals surface area contributed by atoms with E-state index in [2.05, 4.69) is 50.8 Å². The molecule has 0 radical (unpaired) electrons. The van der Waals surface area contributed by atoms with E-state index in [-0.39, 0.29) is 0 Å². The van der Waals surface area contributed by atoms with Gasteiger partial charge in [-0.1, -0.05) is 30.0 Å². The van der Waals surface area contributed by atoms with Gasteiger partial charge in [0.25, 0.3) is 0 Å². The summed E-state index contributed by atoms with van der Waals surface area (Å²) in [6, 6.07) is 6.89. The number of hydrogen-bond donors (Lipinski definition) is 0. The van der Waals surface area contributed by atoms with Crippen molar-refractivity contribution in [2.75, 3.05) is 12.3 Å². The third kappa shape index (κ3) is 2.65. The lowest BCUT2D eigenvalue weighted by atomic mass is 10.1. The van der Waals surface area contributed by atoms with Crippen LogP contribution in [0.1, 0.15) is 25.0 Å². The van der Waals surface area contributed by atoms with E-state index in [4.69, 9.17) is 4.99 Å². The maximum absolute atomic E-state index is 4.87. The van der Waals surface area contributed by atoms with E-state index in [1.54, 1.807) is 0 Å². The van der Waals surface area contributed by atoms with Crippen molar-refractivity contribution in [3.63, 3.8) is 0 Å². The Kier molecular flexibility index (Phi) is 3.77. The van der Waals surface area contributed by atoms with Gasteiger partial charge in [-0.2, -0.15) is 0 Å². The molecule has 1 aromatic carbocycles. The van der Waals surface area contributed by atoms with Gasteiger partial charge in [-0.25, -0.2) is 4.99 Å². The molecular formula is C14H20N2S. The zero-order chi connectivity index (χ0) is 12.4. The van der Waals surface area contributed by atoms with Crippen LogP contribution in [0.25, 0.3) is 0 Å². The van der Waals surface area contributed by atoms with Crippen LogP contribution in [0, 0.1) is 13.8 Å². The van der Waals surface area contributed by atoms with E-state index in [9.17, 15) is 0 Å². The molecule has 2 rings (SSSR count). The van der Waals surface area contributed by atoms with Gasteiger partial charge in [0.05, 0.1) is 5.69 Å². The van der Waals surface area contributed by atoms with Gasteiger partial charge >= 0.3 is 0 Å². The SMILES string of the molecule is Cc1cccc(C)c1N=C1SCCN1C(C)C. The van der Waals surface area contributed by atoms with Crippen LogP contribution in [-0.4, -0.2) is 28.4 Å². The number of amidine groups is 1. The lowest BCUT2D eigenvalue weighted by molar-refractivity contribution is 0.384. The lowest BCUT2D eigenvalue weighted by Crippen LogP contribution is -2.31. The van der Waals surface area contributed by atoms with Crippen LogP contribution in [-0.2, 0) is 0 Å². The highest BCUT2D eigenvalue weighted by Crippen LogP contribution is 2.28. The molecule has 1 aromatic rings. The van der Waals surface area contributed by atoms with Crippen LogP contribution in [0.3, 0.4) is 0 Å². The molecule has 3 heteroatoms. The van der Waals surface area contributed by atoms with E-state index in [0.29, 0.717) is 6.04 Å². The maximum atomic E-state index is 4.87. The minimum absolute atomic E-state index is 0.535. The number of para-hydroxylation sites is 1. The average Bonchev–Trinajstić information content (AvgIpc) is 2.72. The van der Waals surface area contributed by atoms with Gasteiger partial charge < -0.3 is 4.90 Å². The van der Waals surface area contributed by atoms with Gasteiger partial charge in [0, 0.05) is 18.3 Å². The third-order valence-electron chi connectivity index (χ3n) is 3.08. The first-order valence-corrected chi connectivity index (χ1v) is 7.12. The largest absolute Gasteiger partial charge is 0.348 e. The van der Waals surface area contributed by atoms with Gasteiger partial charge in [0.15, 0.2) is 5.17 Å². The minimum atomic E-state index is 0.535. The van der Waals surface area contributed by atoms with Crippen molar-refractivity contribution in [2.24, 2.45) is 4.99 Å². The molecule has 0 spiro atoms. The van der Waals surface area contributed by atoms with Crippen molar-refractivity contribution in [2.45, 2.75) is 33.7 Å². The zero-order valence-electron chi connectivity index (χ0n) is 11.0. The first kappa shape index (κ1) is 12.5. The molecule has 0 aliphatic carbocycles. The summed E-state index contributed by atoms with van der Waals surface area (Å²) in [7, 11) is 0. The highest BCUT2D eigenvalue weighted by Gasteiger charge is 2.22. The summed E-state index contributed by atoms with van der Waals surface area (Å²) in [6.45, 7) is 9.84. The van der Waals surface area contributed by atoms with Crippen molar-refractivity contribution < 1.29 is 0 Å². The van der Waals surface area contributed by atoms with Crippen molar-refractivity contribution >= 4 is 22.6 Å². The van der Waals surface area contributed by atoms with Crippen LogP contribution in [0.5, 0.6) is 0 Å². The predicted octanol–water partition coefficient (Wildman–Crippen LogP) is 3.75. The fourth-order valence-electron chi connectivity index (χ4n) is 2.07. The predicted molar refractivity (Wildman–Crippen MR) is 77.3 cm³/mol. The number of hydrogen-bond acceptors (Lipinski definition) is 2. The topological polar surface area (TPSA) is 15.6 Å². The summed E-state index contributed by atoms with van der Waals surface area (Å²) in [5.74, 6) is 1.15. The Balaban J connectivity index is 2.35. The summed E-state index contributed by atoms with van der Waals surface area (Å²) in [5, 5.41) is 1.18. The monoisotopic (exact) mass is 248 g/mol.